The minimum atomic E-state index is -0.204. The molecule has 0 unspecified atom stereocenters. The molecule has 0 bridgehead atoms. The molecule has 120 valence electrons. The Kier molecular flexibility index (Phi) is 6.17. The van der Waals surface area contributed by atoms with Crippen LogP contribution in [0, 0.1) is 0 Å². The zero-order chi connectivity index (χ0) is 16.5. The average molecular weight is 311 g/mol. The monoisotopic (exact) mass is 311 g/mol. The third-order valence-corrected chi connectivity index (χ3v) is 3.34. The van der Waals surface area contributed by atoms with E-state index in [0.717, 1.165) is 17.0 Å². The molecule has 1 amide bonds. The Bertz CT molecular complexity index is 656. The molecular weight excluding hydrogens is 290 g/mol. The summed E-state index contributed by atoms with van der Waals surface area (Å²) in [5, 5.41) is 7.03. The van der Waals surface area contributed by atoms with Gasteiger partial charge in [0.25, 0.3) is 5.91 Å². The van der Waals surface area contributed by atoms with Gasteiger partial charge in [0, 0.05) is 23.9 Å². The molecule has 5 nitrogen and oxygen atoms in total. The molecule has 0 saturated heterocycles. The molecule has 2 aromatic rings. The first-order valence-electron chi connectivity index (χ1n) is 7.44. The quantitative estimate of drug-likeness (QED) is 0.610. The van der Waals surface area contributed by atoms with Crippen LogP contribution in [0.3, 0.4) is 0 Å². The summed E-state index contributed by atoms with van der Waals surface area (Å²) in [5.74, 6) is 0.678. The van der Waals surface area contributed by atoms with Crippen LogP contribution in [0.2, 0.25) is 0 Å². The summed E-state index contributed by atoms with van der Waals surface area (Å²) in [6.07, 6.45) is 1.72. The molecule has 0 heterocycles. The van der Waals surface area contributed by atoms with Gasteiger partial charge in [-0.05, 0) is 17.7 Å². The van der Waals surface area contributed by atoms with Gasteiger partial charge in [0.2, 0.25) is 0 Å². The summed E-state index contributed by atoms with van der Waals surface area (Å²) in [6.45, 7) is 2.17. The van der Waals surface area contributed by atoms with E-state index in [9.17, 15) is 4.79 Å². The van der Waals surface area contributed by atoms with Gasteiger partial charge in [-0.1, -0.05) is 43.3 Å². The van der Waals surface area contributed by atoms with Crippen LogP contribution in [0.5, 0.6) is 5.75 Å². The van der Waals surface area contributed by atoms with Crippen molar-refractivity contribution in [3.8, 4) is 5.75 Å². The Hall–Kier alpha value is -2.82. The predicted octanol–water partition coefficient (Wildman–Crippen LogP) is 3.01. The number of methoxy groups -OCH3 is 1. The third kappa shape index (κ3) is 5.47. The van der Waals surface area contributed by atoms with Gasteiger partial charge in [0.15, 0.2) is 0 Å². The first-order chi connectivity index (χ1) is 11.2. The molecule has 0 aliphatic rings. The van der Waals surface area contributed by atoms with Gasteiger partial charge in [-0.15, -0.1) is 0 Å². The van der Waals surface area contributed by atoms with E-state index in [1.807, 2.05) is 61.5 Å². The maximum Gasteiger partial charge on any atom is 0.259 e. The maximum absolute atomic E-state index is 11.8. The number of hydrazone groups is 1. The zero-order valence-corrected chi connectivity index (χ0v) is 13.3. The van der Waals surface area contributed by atoms with Crippen molar-refractivity contribution in [3.05, 3.63) is 60.2 Å². The number of hydrogen-bond donors (Lipinski definition) is 2. The normalized spacial score (nSPS) is 11.9. The lowest BCUT2D eigenvalue weighted by molar-refractivity contribution is -0.119. The van der Waals surface area contributed by atoms with Crippen LogP contribution in [-0.2, 0) is 4.79 Å². The second-order valence-corrected chi connectivity index (χ2v) is 5.10. The van der Waals surface area contributed by atoms with Crippen molar-refractivity contribution in [1.82, 2.24) is 5.43 Å². The first kappa shape index (κ1) is 16.5. The van der Waals surface area contributed by atoms with Crippen LogP contribution in [-0.4, -0.2) is 25.8 Å². The van der Waals surface area contributed by atoms with Gasteiger partial charge in [0.1, 0.15) is 5.75 Å². The number of carbonyl (C=O) groups is 1. The second-order valence-electron chi connectivity index (χ2n) is 5.10. The Morgan fingerprint density at radius 2 is 2.00 bits per heavy atom. The summed E-state index contributed by atoms with van der Waals surface area (Å²) >= 11 is 0. The summed E-state index contributed by atoms with van der Waals surface area (Å²) in [6, 6.07) is 17.4. The number of anilines is 1. The highest BCUT2D eigenvalue weighted by Crippen LogP contribution is 2.16. The maximum atomic E-state index is 11.8. The van der Waals surface area contributed by atoms with E-state index in [1.54, 1.807) is 13.3 Å². The van der Waals surface area contributed by atoms with E-state index in [0.29, 0.717) is 0 Å². The van der Waals surface area contributed by atoms with E-state index in [4.69, 9.17) is 4.74 Å². The topological polar surface area (TPSA) is 62.7 Å². The van der Waals surface area contributed by atoms with Gasteiger partial charge in [-0.3, -0.25) is 4.79 Å². The standard InChI is InChI=1S/C18H21N3O2/c1-14(15-7-4-3-5-8-15)12-20-21-18(22)13-19-16-9-6-10-17(11-16)23-2/h3-12,14,19H,13H2,1-2H3,(H,21,22)/b20-12-/t14-/m0/s1. The highest BCUT2D eigenvalue weighted by molar-refractivity contribution is 5.81. The fourth-order valence-corrected chi connectivity index (χ4v) is 2.02. The number of ether oxygens (including phenoxy) is 1. The van der Waals surface area contributed by atoms with Crippen LogP contribution in [0.4, 0.5) is 5.69 Å². The Labute approximate surface area is 136 Å². The molecule has 0 saturated carbocycles. The van der Waals surface area contributed by atoms with E-state index >= 15 is 0 Å². The van der Waals surface area contributed by atoms with Crippen LogP contribution in [0.1, 0.15) is 18.4 Å². The number of hydrogen-bond acceptors (Lipinski definition) is 4. The van der Waals surface area contributed by atoms with E-state index in [1.165, 1.54) is 0 Å². The molecule has 5 heteroatoms. The molecule has 2 aromatic carbocycles. The minimum absolute atomic E-state index is 0.142. The fourth-order valence-electron chi connectivity index (χ4n) is 2.02. The van der Waals surface area contributed by atoms with Crippen LogP contribution in [0.15, 0.2) is 59.7 Å². The fraction of sp³-hybridized carbons (Fsp3) is 0.222. The molecular formula is C18H21N3O2. The lowest BCUT2D eigenvalue weighted by Gasteiger charge is -2.08. The molecule has 0 aliphatic carbocycles. The highest BCUT2D eigenvalue weighted by Gasteiger charge is 2.03. The number of rotatable bonds is 7. The molecule has 0 spiro atoms. The summed E-state index contributed by atoms with van der Waals surface area (Å²) in [4.78, 5) is 11.8. The Morgan fingerprint density at radius 1 is 1.22 bits per heavy atom. The van der Waals surface area contributed by atoms with Gasteiger partial charge in [-0.25, -0.2) is 5.43 Å². The largest absolute Gasteiger partial charge is 0.497 e. The van der Waals surface area contributed by atoms with Crippen LogP contribution >= 0.6 is 0 Å². The number of carbonyl (C=O) groups excluding carboxylic acids is 1. The van der Waals surface area contributed by atoms with Gasteiger partial charge < -0.3 is 10.1 Å². The van der Waals surface area contributed by atoms with Crippen molar-refractivity contribution in [1.29, 1.82) is 0 Å². The first-order valence-corrected chi connectivity index (χ1v) is 7.44. The van der Waals surface area contributed by atoms with E-state index in [2.05, 4.69) is 15.8 Å². The molecule has 0 aromatic heterocycles. The zero-order valence-electron chi connectivity index (χ0n) is 13.3. The number of benzene rings is 2. The predicted molar refractivity (Wildman–Crippen MR) is 93.0 cm³/mol. The lowest BCUT2D eigenvalue weighted by atomic mass is 10.0. The average Bonchev–Trinajstić information content (AvgIpc) is 2.61. The van der Waals surface area contributed by atoms with E-state index in [-0.39, 0.29) is 18.4 Å². The van der Waals surface area contributed by atoms with Crippen molar-refractivity contribution >= 4 is 17.8 Å². The summed E-state index contributed by atoms with van der Waals surface area (Å²) < 4.78 is 5.13. The van der Waals surface area contributed by atoms with Gasteiger partial charge >= 0.3 is 0 Å². The van der Waals surface area contributed by atoms with Crippen molar-refractivity contribution in [3.63, 3.8) is 0 Å². The van der Waals surface area contributed by atoms with Crippen LogP contribution < -0.4 is 15.5 Å². The van der Waals surface area contributed by atoms with Crippen molar-refractivity contribution in [2.45, 2.75) is 12.8 Å². The lowest BCUT2D eigenvalue weighted by Crippen LogP contribution is -2.26. The highest BCUT2D eigenvalue weighted by atomic mass is 16.5. The van der Waals surface area contributed by atoms with Crippen molar-refractivity contribution in [2.24, 2.45) is 5.10 Å². The molecule has 23 heavy (non-hydrogen) atoms. The molecule has 0 radical (unpaired) electrons. The van der Waals surface area contributed by atoms with Gasteiger partial charge in [-0.2, -0.15) is 5.10 Å². The number of nitrogens with zero attached hydrogens (tertiary/aromatic N) is 1. The SMILES string of the molecule is COc1cccc(NCC(=O)N/N=C\[C@H](C)c2ccccc2)c1. The Balaban J connectivity index is 1.77. The molecule has 0 fully saturated rings. The third-order valence-electron chi connectivity index (χ3n) is 3.34. The molecule has 2 rings (SSSR count). The summed E-state index contributed by atoms with van der Waals surface area (Å²) in [5.41, 5.74) is 4.49. The van der Waals surface area contributed by atoms with Crippen molar-refractivity contribution < 1.29 is 9.53 Å². The molecule has 0 aliphatic heterocycles. The second kappa shape index (κ2) is 8.58. The molecule has 2 N–H and O–H groups in total. The Morgan fingerprint density at radius 3 is 2.74 bits per heavy atom. The van der Waals surface area contributed by atoms with Crippen LogP contribution in [0.25, 0.3) is 0 Å². The molecule has 1 atom stereocenters. The minimum Gasteiger partial charge on any atom is -0.497 e. The summed E-state index contributed by atoms with van der Waals surface area (Å²) in [7, 11) is 1.61. The van der Waals surface area contributed by atoms with Crippen molar-refractivity contribution in [2.75, 3.05) is 19.0 Å². The van der Waals surface area contributed by atoms with E-state index < -0.39 is 0 Å². The number of nitrogens with one attached hydrogen (secondary N) is 2. The smallest absolute Gasteiger partial charge is 0.259 e. The van der Waals surface area contributed by atoms with Gasteiger partial charge in [0.05, 0.1) is 13.7 Å². The number of amides is 1.